The SMILES string of the molecule is CN(C)[C@@H]1C(=O)C(C(N)=O)=C(O)[C@@]2(O)C(=O)c3c(cc4c(O)ccc(O)c4c3O)C[C@@H]12. The fourth-order valence-corrected chi connectivity index (χ4v) is 4.77. The summed E-state index contributed by atoms with van der Waals surface area (Å²) in [7, 11) is 3.01. The lowest BCUT2D eigenvalue weighted by molar-refractivity contribution is -0.132. The van der Waals surface area contributed by atoms with Crippen LogP contribution >= 0.6 is 0 Å². The van der Waals surface area contributed by atoms with Gasteiger partial charge in [0.2, 0.25) is 5.78 Å². The van der Waals surface area contributed by atoms with Crippen LogP contribution in [0.5, 0.6) is 17.2 Å². The number of aliphatic hydroxyl groups excluding tert-OH is 1. The van der Waals surface area contributed by atoms with E-state index in [9.17, 15) is 39.9 Å². The zero-order valence-electron chi connectivity index (χ0n) is 16.6. The summed E-state index contributed by atoms with van der Waals surface area (Å²) in [5.41, 5.74) is 1.45. The normalized spacial score (nSPS) is 25.7. The van der Waals surface area contributed by atoms with Crippen LogP contribution in [0.15, 0.2) is 29.5 Å². The molecule has 0 radical (unpaired) electrons. The van der Waals surface area contributed by atoms with Crippen LogP contribution in [0, 0.1) is 5.92 Å². The summed E-state index contributed by atoms with van der Waals surface area (Å²) < 4.78 is 0. The highest BCUT2D eigenvalue weighted by Crippen LogP contribution is 2.50. The monoisotopic (exact) mass is 428 g/mol. The number of aromatic hydroxyl groups is 3. The first-order valence-electron chi connectivity index (χ1n) is 9.33. The maximum absolute atomic E-state index is 13.5. The molecule has 0 saturated carbocycles. The minimum atomic E-state index is -2.71. The van der Waals surface area contributed by atoms with Gasteiger partial charge in [-0.1, -0.05) is 0 Å². The van der Waals surface area contributed by atoms with Crippen molar-refractivity contribution in [1.29, 1.82) is 0 Å². The molecule has 162 valence electrons. The van der Waals surface area contributed by atoms with Gasteiger partial charge >= 0.3 is 0 Å². The first kappa shape index (κ1) is 20.6. The van der Waals surface area contributed by atoms with Crippen LogP contribution in [0.3, 0.4) is 0 Å². The molecule has 7 N–H and O–H groups in total. The minimum Gasteiger partial charge on any atom is -0.508 e. The van der Waals surface area contributed by atoms with Crippen molar-refractivity contribution in [3.63, 3.8) is 0 Å². The van der Waals surface area contributed by atoms with Gasteiger partial charge in [-0.2, -0.15) is 0 Å². The highest BCUT2D eigenvalue weighted by atomic mass is 16.3. The Morgan fingerprint density at radius 2 is 1.74 bits per heavy atom. The van der Waals surface area contributed by atoms with Crippen molar-refractivity contribution >= 4 is 28.2 Å². The summed E-state index contributed by atoms with van der Waals surface area (Å²) in [6, 6.07) is 2.53. The largest absolute Gasteiger partial charge is 0.508 e. The molecular weight excluding hydrogens is 408 g/mol. The number of nitrogens with two attached hydrogens (primary N) is 1. The van der Waals surface area contributed by atoms with Crippen LogP contribution < -0.4 is 5.73 Å². The number of likely N-dealkylation sites (N-methyl/N-ethyl adjacent to an activating group) is 1. The molecule has 3 atom stereocenters. The molecule has 31 heavy (non-hydrogen) atoms. The smallest absolute Gasteiger partial charge is 0.255 e. The molecule has 1 amide bonds. The first-order chi connectivity index (χ1) is 14.4. The molecule has 2 aliphatic rings. The molecule has 2 aromatic carbocycles. The van der Waals surface area contributed by atoms with Gasteiger partial charge in [0.05, 0.1) is 17.0 Å². The number of amides is 1. The van der Waals surface area contributed by atoms with Crippen molar-refractivity contribution in [2.24, 2.45) is 11.7 Å². The Morgan fingerprint density at radius 3 is 2.32 bits per heavy atom. The van der Waals surface area contributed by atoms with E-state index < -0.39 is 63.4 Å². The standard InChI is InChI=1S/C21H20N2O8/c1-23(2)15-9-6-7-5-8-10(24)3-4-11(25)13(8)16(26)12(7)18(28)21(9,31)19(29)14(17(15)27)20(22)30/h3-5,9,15,24-26,29,31H,6H2,1-2H3,(H2,22,30)/t9-,15-,21-/m0/s1. The van der Waals surface area contributed by atoms with Gasteiger partial charge in [0.15, 0.2) is 11.4 Å². The Hall–Kier alpha value is -3.63. The van der Waals surface area contributed by atoms with Gasteiger partial charge in [0, 0.05) is 11.3 Å². The molecular formula is C21H20N2O8. The van der Waals surface area contributed by atoms with E-state index in [4.69, 9.17) is 5.73 Å². The second kappa shape index (κ2) is 6.43. The van der Waals surface area contributed by atoms with Crippen LogP contribution in [0.4, 0.5) is 0 Å². The zero-order valence-corrected chi connectivity index (χ0v) is 16.6. The van der Waals surface area contributed by atoms with Gasteiger partial charge < -0.3 is 31.3 Å². The molecule has 0 bridgehead atoms. The molecule has 0 fully saturated rings. The van der Waals surface area contributed by atoms with Gasteiger partial charge in [-0.15, -0.1) is 0 Å². The van der Waals surface area contributed by atoms with Gasteiger partial charge in [-0.05, 0) is 44.3 Å². The Kier molecular flexibility index (Phi) is 4.28. The number of ketones is 2. The van der Waals surface area contributed by atoms with Crippen molar-refractivity contribution in [2.75, 3.05) is 14.1 Å². The van der Waals surface area contributed by atoms with E-state index in [2.05, 4.69) is 0 Å². The number of hydrogen-bond acceptors (Lipinski definition) is 9. The highest BCUT2D eigenvalue weighted by molar-refractivity contribution is 6.25. The van der Waals surface area contributed by atoms with Crippen molar-refractivity contribution in [3.05, 3.63) is 40.7 Å². The van der Waals surface area contributed by atoms with Gasteiger partial charge in [-0.3, -0.25) is 19.3 Å². The number of benzene rings is 2. The number of Topliss-reactive ketones (excluding diaryl/α,β-unsaturated/α-hetero) is 2. The summed E-state index contributed by atoms with van der Waals surface area (Å²) in [6.07, 6.45) is -0.166. The second-order valence-corrected chi connectivity index (χ2v) is 8.05. The van der Waals surface area contributed by atoms with Crippen LogP contribution in [0.1, 0.15) is 15.9 Å². The fourth-order valence-electron chi connectivity index (χ4n) is 4.77. The van der Waals surface area contributed by atoms with E-state index in [0.29, 0.717) is 0 Å². The third-order valence-electron chi connectivity index (χ3n) is 6.16. The number of phenols is 3. The lowest BCUT2D eigenvalue weighted by Crippen LogP contribution is -2.64. The van der Waals surface area contributed by atoms with E-state index in [1.54, 1.807) is 0 Å². The van der Waals surface area contributed by atoms with Crippen LogP contribution in [0.2, 0.25) is 0 Å². The quantitative estimate of drug-likeness (QED) is 0.280. The van der Waals surface area contributed by atoms with Crippen molar-refractivity contribution in [2.45, 2.75) is 18.1 Å². The predicted octanol–water partition coefficient (Wildman–Crippen LogP) is -0.147. The van der Waals surface area contributed by atoms with E-state index in [0.717, 1.165) is 6.07 Å². The van der Waals surface area contributed by atoms with Gasteiger partial charge in [-0.25, -0.2) is 0 Å². The van der Waals surface area contributed by atoms with Crippen molar-refractivity contribution in [3.8, 4) is 17.2 Å². The van der Waals surface area contributed by atoms with Gasteiger partial charge in [0.1, 0.15) is 28.6 Å². The third-order valence-corrected chi connectivity index (χ3v) is 6.16. The maximum atomic E-state index is 13.5. The minimum absolute atomic E-state index is 0.0654. The topological polar surface area (TPSA) is 182 Å². The first-order valence-corrected chi connectivity index (χ1v) is 9.33. The van der Waals surface area contributed by atoms with E-state index in [-0.39, 0.29) is 28.5 Å². The zero-order chi connectivity index (χ0) is 23.0. The maximum Gasteiger partial charge on any atom is 0.255 e. The molecule has 4 rings (SSSR count). The highest BCUT2D eigenvalue weighted by Gasteiger charge is 2.62. The number of rotatable bonds is 2. The molecule has 10 nitrogen and oxygen atoms in total. The molecule has 10 heteroatoms. The lowest BCUT2D eigenvalue weighted by atomic mass is 9.62. The number of aliphatic hydroxyl groups is 2. The van der Waals surface area contributed by atoms with Crippen molar-refractivity contribution < 1.29 is 39.9 Å². The van der Waals surface area contributed by atoms with E-state index in [1.165, 1.54) is 31.1 Å². The number of hydrogen-bond donors (Lipinski definition) is 6. The average Bonchev–Trinajstić information content (AvgIpc) is 2.67. The number of phenolic OH excluding ortho intramolecular Hbond substituents is 3. The number of nitrogens with zero attached hydrogens (tertiary/aromatic N) is 1. The number of carbonyl (C=O) groups excluding carboxylic acids is 3. The summed E-state index contributed by atoms with van der Waals surface area (Å²) in [5, 5.41) is 53.0. The number of carbonyl (C=O) groups is 3. The average molecular weight is 428 g/mol. The number of primary amides is 1. The summed E-state index contributed by atoms with van der Waals surface area (Å²) in [6.45, 7) is 0. The summed E-state index contributed by atoms with van der Waals surface area (Å²) >= 11 is 0. The number of fused-ring (bicyclic) bond motifs is 3. The van der Waals surface area contributed by atoms with Crippen molar-refractivity contribution in [1.82, 2.24) is 4.90 Å². The molecule has 0 spiro atoms. The molecule has 0 saturated heterocycles. The lowest BCUT2D eigenvalue weighted by Gasteiger charge is -2.47. The Bertz CT molecular complexity index is 1230. The third kappa shape index (κ3) is 2.49. The fraction of sp³-hybridized carbons (Fsp3) is 0.286. The summed E-state index contributed by atoms with van der Waals surface area (Å²) in [4.78, 5) is 39.6. The molecule has 2 aromatic rings. The van der Waals surface area contributed by atoms with Crippen LogP contribution in [-0.4, -0.2) is 73.6 Å². The van der Waals surface area contributed by atoms with Gasteiger partial charge in [0.25, 0.3) is 5.91 Å². The second-order valence-electron chi connectivity index (χ2n) is 8.05. The van der Waals surface area contributed by atoms with Crippen LogP contribution in [0.25, 0.3) is 10.8 Å². The Balaban J connectivity index is 2.08. The van der Waals surface area contributed by atoms with E-state index >= 15 is 0 Å². The molecule has 2 aliphatic carbocycles. The molecule has 0 aliphatic heterocycles. The van der Waals surface area contributed by atoms with E-state index in [1.807, 2.05) is 0 Å². The predicted molar refractivity (Wildman–Crippen MR) is 107 cm³/mol. The molecule has 0 aromatic heterocycles. The molecule has 0 heterocycles. The Morgan fingerprint density at radius 1 is 1.13 bits per heavy atom. The Labute approximate surface area is 175 Å². The summed E-state index contributed by atoms with van der Waals surface area (Å²) in [5.74, 6) is -7.06. The molecule has 0 unspecified atom stereocenters. The van der Waals surface area contributed by atoms with Crippen LogP contribution in [-0.2, 0) is 16.0 Å².